The highest BCUT2D eigenvalue weighted by atomic mass is 35.5. The monoisotopic (exact) mass is 371 g/mol. The molecule has 2 aromatic carbocycles. The van der Waals surface area contributed by atoms with E-state index in [1.165, 1.54) is 5.56 Å². The normalized spacial score (nSPS) is 10.4. The zero-order valence-electron chi connectivity index (χ0n) is 13.1. The van der Waals surface area contributed by atoms with Gasteiger partial charge < -0.3 is 9.88 Å². The van der Waals surface area contributed by atoms with Crippen molar-refractivity contribution in [1.29, 1.82) is 0 Å². The van der Waals surface area contributed by atoms with Crippen molar-refractivity contribution >= 4 is 46.7 Å². The zero-order valence-corrected chi connectivity index (χ0v) is 14.7. The van der Waals surface area contributed by atoms with E-state index in [-0.39, 0.29) is 12.4 Å². The first kappa shape index (κ1) is 17.2. The molecule has 0 saturated carbocycles. The van der Waals surface area contributed by atoms with Crippen LogP contribution in [0.15, 0.2) is 67.3 Å². The third-order valence-corrected chi connectivity index (χ3v) is 3.96. The minimum Gasteiger partial charge on any atom is -0.338 e. The number of nitrogens with one attached hydrogen (secondary N) is 1. The highest BCUT2D eigenvalue weighted by Crippen LogP contribution is 2.23. The van der Waals surface area contributed by atoms with Gasteiger partial charge in [-0.25, -0.2) is 15.0 Å². The Morgan fingerprint density at radius 3 is 2.44 bits per heavy atom. The van der Waals surface area contributed by atoms with E-state index in [2.05, 4.69) is 32.4 Å². The summed E-state index contributed by atoms with van der Waals surface area (Å²) in [5, 5.41) is 3.96. The van der Waals surface area contributed by atoms with Gasteiger partial charge in [0.25, 0.3) is 0 Å². The summed E-state index contributed by atoms with van der Waals surface area (Å²) in [7, 11) is 0. The number of rotatable bonds is 4. The Kier molecular flexibility index (Phi) is 5.16. The number of imidazole rings is 1. The summed E-state index contributed by atoms with van der Waals surface area (Å²) in [6.45, 7) is 0.717. The quantitative estimate of drug-likeness (QED) is 0.565. The van der Waals surface area contributed by atoms with Crippen LogP contribution in [0.3, 0.4) is 0 Å². The molecule has 0 fully saturated rings. The van der Waals surface area contributed by atoms with Gasteiger partial charge in [0, 0.05) is 10.7 Å². The maximum absolute atomic E-state index is 5.92. The average Bonchev–Trinajstić information content (AvgIpc) is 3.02. The topological polar surface area (TPSA) is 55.6 Å². The fourth-order valence-corrected chi connectivity index (χ4v) is 2.66. The van der Waals surface area contributed by atoms with Gasteiger partial charge in [0.2, 0.25) is 0 Å². The molecular weight excluding hydrogens is 357 g/mol. The lowest BCUT2D eigenvalue weighted by atomic mass is 10.2. The first-order chi connectivity index (χ1) is 11.8. The molecule has 0 unspecified atom stereocenters. The van der Waals surface area contributed by atoms with Gasteiger partial charge in [-0.2, -0.15) is 0 Å². The molecule has 2 aromatic heterocycles. The first-order valence-corrected chi connectivity index (χ1v) is 7.90. The molecule has 5 nitrogen and oxygen atoms in total. The van der Waals surface area contributed by atoms with Crippen LogP contribution in [0.25, 0.3) is 11.2 Å². The van der Waals surface area contributed by atoms with Crippen LogP contribution in [0.4, 0.5) is 11.5 Å². The Hall–Kier alpha value is -2.63. The highest BCUT2D eigenvalue weighted by molar-refractivity contribution is 6.30. The van der Waals surface area contributed by atoms with Crippen LogP contribution in [-0.2, 0) is 6.54 Å². The third kappa shape index (κ3) is 3.73. The number of aromatic nitrogens is 4. The molecular formula is C18H15Cl2N5. The molecule has 0 bridgehead atoms. The number of nitrogens with zero attached hydrogens (tertiary/aromatic N) is 4. The summed E-state index contributed by atoms with van der Waals surface area (Å²) in [6, 6.07) is 17.7. The fraction of sp³-hybridized carbons (Fsp3) is 0.0556. The molecule has 4 rings (SSSR count). The van der Waals surface area contributed by atoms with Crippen LogP contribution in [0, 0.1) is 0 Å². The molecule has 1 N–H and O–H groups in total. The predicted molar refractivity (Wildman–Crippen MR) is 103 cm³/mol. The molecule has 0 aliphatic heterocycles. The number of hydrogen-bond acceptors (Lipinski definition) is 4. The third-order valence-electron chi connectivity index (χ3n) is 3.70. The van der Waals surface area contributed by atoms with Crippen LogP contribution in [0.1, 0.15) is 5.56 Å². The van der Waals surface area contributed by atoms with Gasteiger partial charge in [-0.15, -0.1) is 12.4 Å². The summed E-state index contributed by atoms with van der Waals surface area (Å²) in [6.07, 6.45) is 3.34. The molecule has 0 radical (unpaired) electrons. The van der Waals surface area contributed by atoms with E-state index < -0.39 is 0 Å². The minimum atomic E-state index is 0. The van der Waals surface area contributed by atoms with E-state index in [0.717, 1.165) is 23.4 Å². The van der Waals surface area contributed by atoms with Crippen LogP contribution in [0.2, 0.25) is 5.02 Å². The van der Waals surface area contributed by atoms with Crippen molar-refractivity contribution in [2.75, 3.05) is 5.32 Å². The van der Waals surface area contributed by atoms with Crippen LogP contribution in [-0.4, -0.2) is 19.5 Å². The Labute approximate surface area is 156 Å². The van der Waals surface area contributed by atoms with Crippen molar-refractivity contribution in [2.45, 2.75) is 6.54 Å². The van der Waals surface area contributed by atoms with Crippen molar-refractivity contribution < 1.29 is 0 Å². The summed E-state index contributed by atoms with van der Waals surface area (Å²) in [5.74, 6) is 0.675. The fourth-order valence-electron chi connectivity index (χ4n) is 2.54. The summed E-state index contributed by atoms with van der Waals surface area (Å²) in [4.78, 5) is 13.2. The first-order valence-electron chi connectivity index (χ1n) is 7.52. The number of halogens is 2. The van der Waals surface area contributed by atoms with Gasteiger partial charge in [0.15, 0.2) is 17.0 Å². The van der Waals surface area contributed by atoms with Crippen molar-refractivity contribution in [3.05, 3.63) is 77.8 Å². The molecule has 0 atom stereocenters. The molecule has 0 aliphatic carbocycles. The number of benzene rings is 2. The van der Waals surface area contributed by atoms with E-state index in [1.54, 1.807) is 12.7 Å². The molecule has 0 aliphatic rings. The second-order valence-corrected chi connectivity index (χ2v) is 5.82. The summed E-state index contributed by atoms with van der Waals surface area (Å²) in [5.41, 5.74) is 3.63. The van der Waals surface area contributed by atoms with Crippen molar-refractivity contribution in [3.63, 3.8) is 0 Å². The van der Waals surface area contributed by atoms with Gasteiger partial charge >= 0.3 is 0 Å². The maximum Gasteiger partial charge on any atom is 0.165 e. The predicted octanol–water partition coefficient (Wildman–Crippen LogP) is 4.69. The van der Waals surface area contributed by atoms with Gasteiger partial charge in [-0.1, -0.05) is 41.9 Å². The number of anilines is 2. The summed E-state index contributed by atoms with van der Waals surface area (Å²) < 4.78 is 2.01. The molecule has 0 spiro atoms. The minimum absolute atomic E-state index is 0. The molecule has 0 saturated heterocycles. The van der Waals surface area contributed by atoms with Crippen LogP contribution >= 0.6 is 24.0 Å². The Morgan fingerprint density at radius 2 is 1.68 bits per heavy atom. The van der Waals surface area contributed by atoms with E-state index in [0.29, 0.717) is 10.8 Å². The van der Waals surface area contributed by atoms with E-state index in [4.69, 9.17) is 11.6 Å². The molecule has 25 heavy (non-hydrogen) atoms. The Bertz CT molecular complexity index is 968. The zero-order chi connectivity index (χ0) is 16.4. The van der Waals surface area contributed by atoms with E-state index in [1.807, 2.05) is 47.0 Å². The van der Waals surface area contributed by atoms with Gasteiger partial charge in [-0.3, -0.25) is 0 Å². The van der Waals surface area contributed by atoms with Crippen molar-refractivity contribution in [2.24, 2.45) is 0 Å². The number of hydrogen-bond donors (Lipinski definition) is 1. The molecule has 4 aromatic rings. The van der Waals surface area contributed by atoms with Crippen LogP contribution in [0.5, 0.6) is 0 Å². The van der Waals surface area contributed by atoms with Gasteiger partial charge in [-0.05, 0) is 29.8 Å². The lowest BCUT2D eigenvalue weighted by molar-refractivity contribution is 0.813. The van der Waals surface area contributed by atoms with Gasteiger partial charge in [0.05, 0.1) is 12.9 Å². The van der Waals surface area contributed by atoms with Crippen molar-refractivity contribution in [1.82, 2.24) is 19.5 Å². The Morgan fingerprint density at radius 1 is 0.920 bits per heavy atom. The highest BCUT2D eigenvalue weighted by Gasteiger charge is 2.10. The second kappa shape index (κ2) is 7.51. The molecule has 126 valence electrons. The second-order valence-electron chi connectivity index (χ2n) is 5.38. The average molecular weight is 372 g/mol. The van der Waals surface area contributed by atoms with Gasteiger partial charge in [0.1, 0.15) is 6.33 Å². The Balaban J connectivity index is 0.00000182. The van der Waals surface area contributed by atoms with Crippen LogP contribution < -0.4 is 5.32 Å². The van der Waals surface area contributed by atoms with E-state index >= 15 is 0 Å². The summed E-state index contributed by atoms with van der Waals surface area (Å²) >= 11 is 5.92. The molecule has 0 amide bonds. The SMILES string of the molecule is Cl.Clc1ccc(Nc2ncnc3c2ncn3Cc2ccccc2)cc1. The lowest BCUT2D eigenvalue weighted by Crippen LogP contribution is -2.00. The molecule has 7 heteroatoms. The lowest BCUT2D eigenvalue weighted by Gasteiger charge is -2.07. The van der Waals surface area contributed by atoms with E-state index in [9.17, 15) is 0 Å². The standard InChI is InChI=1S/C18H14ClN5.ClH/c19-14-6-8-15(9-7-14)23-17-16-18(21-11-20-17)24(12-22-16)10-13-4-2-1-3-5-13;/h1-9,11-12H,10H2,(H,20,21,23);1H. The number of fused-ring (bicyclic) bond motifs is 1. The largest absolute Gasteiger partial charge is 0.338 e. The maximum atomic E-state index is 5.92. The van der Waals surface area contributed by atoms with Crippen molar-refractivity contribution in [3.8, 4) is 0 Å². The molecule has 2 heterocycles. The smallest absolute Gasteiger partial charge is 0.165 e.